The number of aromatic amines is 2. The number of aliphatic carboxylic acids is 2. The van der Waals surface area contributed by atoms with Crippen LogP contribution in [-0.2, 0) is 84.8 Å². The van der Waals surface area contributed by atoms with Crippen molar-refractivity contribution in [2.45, 2.75) is 158 Å². The summed E-state index contributed by atoms with van der Waals surface area (Å²) >= 11 is 11.3. The number of nitro benzene ring substituents is 1. The summed E-state index contributed by atoms with van der Waals surface area (Å²) in [5, 5.41) is 69.4. The van der Waals surface area contributed by atoms with Gasteiger partial charge in [-0.3, -0.25) is 82.4 Å². The molecule has 4 atom stereocenters. The number of rotatable bonds is 67. The number of aromatic nitrogens is 8. The number of ether oxygens (including phenoxy) is 4. The number of Topliss-reactive ketones (excluding diaryl/α,β-unsaturated/α-hetero) is 2. The number of carboxylic acid groups (broad SMARTS) is 2. The van der Waals surface area contributed by atoms with Gasteiger partial charge in [0.25, 0.3) is 34.5 Å². The third kappa shape index (κ3) is 41.7. The van der Waals surface area contributed by atoms with Crippen LogP contribution >= 0.6 is 23.2 Å². The largest absolute Gasteiger partial charge is 0.480 e. The fourth-order valence-corrected chi connectivity index (χ4v) is 13.2. The van der Waals surface area contributed by atoms with Crippen LogP contribution in [0.4, 0.5) is 29.0 Å². The van der Waals surface area contributed by atoms with Gasteiger partial charge in [0, 0.05) is 184 Å². The van der Waals surface area contributed by atoms with Crippen molar-refractivity contribution in [2.75, 3.05) is 140 Å². The predicted octanol–water partition coefficient (Wildman–Crippen LogP) is 1.69. The van der Waals surface area contributed by atoms with E-state index < -0.39 is 87.3 Å². The van der Waals surface area contributed by atoms with Gasteiger partial charge in [0.2, 0.25) is 41.4 Å². The zero-order valence-corrected chi connectivity index (χ0v) is 76.0. The molecule has 0 fully saturated rings. The second kappa shape index (κ2) is 59.2. The average molecular weight is 1930 g/mol. The van der Waals surface area contributed by atoms with Gasteiger partial charge in [-0.2, -0.15) is 9.97 Å². The number of nitrogens with one attached hydrogen (secondary N) is 12. The molecule has 47 nitrogen and oxygen atoms in total. The molecule has 0 radical (unpaired) electrons. The van der Waals surface area contributed by atoms with E-state index in [0.717, 1.165) is 12.1 Å². The predicted molar refractivity (Wildman–Crippen MR) is 491 cm³/mol. The van der Waals surface area contributed by atoms with Crippen molar-refractivity contribution in [1.29, 1.82) is 0 Å². The molecule has 0 aliphatic carbocycles. The summed E-state index contributed by atoms with van der Waals surface area (Å²) in [5.74, 6) is -8.07. The molecule has 0 aliphatic heterocycles. The molecular weight excluding hydrogens is 1810 g/mol. The lowest BCUT2D eigenvalue weighted by Gasteiger charge is -2.24. The first kappa shape index (κ1) is 109. The molecule has 7 rings (SSSR count). The number of ketones is 2. The number of amides is 8. The number of hydrogen-bond donors (Lipinski definition) is 17. The van der Waals surface area contributed by atoms with E-state index in [4.69, 9.17) is 53.6 Å². The molecule has 0 spiro atoms. The van der Waals surface area contributed by atoms with Gasteiger partial charge in [0.1, 0.15) is 36.4 Å². The number of aliphatic hydroxyl groups is 1. The molecular formula is C86H115Cl2N23O24. The molecule has 4 unspecified atom stereocenters. The standard InChI is InChI=1S/C86H115Cl2N23O24/c1-2-91-67(115)28-37-109(36-7-43-133-45-47-134-46-44-132-42-6-34-94-66(114)10-3-11-71(119)135-52-65(104-82(125)75(87)88)74(120)53-16-22-60(23-17-53)111(130)131)38-29-70(118)95-35-41-110(39-30-68(116)92-32-4-8-61(112)24-26-63(83(126)127)102-78(121)54-12-18-56(19-13-54)96-48-58-50-98-72-76(100-58)105-85(89)107-80(72)123)40-31-69(117)93-33-5-9-62(113)25-27-64(84(128)129)103-79(122)55-14-20-57(21-15-55)97-49-59-51-99-73-77(101-59)106-86(90)108-81(73)124/h12-23,50-51,63-65,74-75,96-97,120H,2-11,24-49,52H2,1H3,(H,91,115)(H,92,116)(H,93,117)(H,94,114)(H,95,118)(H,102,121)(H,103,122)(H,104,125)(H,126,127)(H,128,129)(H3,89,100,105,107,123)(H3,90,101,106,108,124). The first-order valence-electron chi connectivity index (χ1n) is 43.8. The van der Waals surface area contributed by atoms with Crippen LogP contribution < -0.4 is 75.8 Å². The normalized spacial score (nSPS) is 12.1. The smallest absolute Gasteiger partial charge is 0.326 e. The van der Waals surface area contributed by atoms with Crippen LogP contribution in [0.25, 0.3) is 22.3 Å². The number of aliphatic hydroxyl groups excluding tert-OH is 1. The number of esters is 1. The molecule has 0 saturated carbocycles. The van der Waals surface area contributed by atoms with Crippen molar-refractivity contribution in [3.8, 4) is 0 Å². The first-order chi connectivity index (χ1) is 64.8. The second-order valence-corrected chi connectivity index (χ2v) is 31.8. The number of carbonyl (C=O) groups excluding carboxylic acids is 11. The summed E-state index contributed by atoms with van der Waals surface area (Å²) in [5.41, 5.74) is 12.6. The molecule has 7 aromatic rings. The van der Waals surface area contributed by atoms with Crippen LogP contribution in [0.5, 0.6) is 0 Å². The summed E-state index contributed by atoms with van der Waals surface area (Å²) in [6.45, 7) is 6.07. The fraction of sp³-hybridized carbons (Fsp3) is 0.500. The van der Waals surface area contributed by atoms with E-state index >= 15 is 0 Å². The number of H-pyrrole nitrogens is 2. The van der Waals surface area contributed by atoms with Crippen LogP contribution in [0, 0.1) is 10.1 Å². The highest BCUT2D eigenvalue weighted by Gasteiger charge is 2.29. The van der Waals surface area contributed by atoms with E-state index in [1.165, 1.54) is 48.8 Å². The second-order valence-electron chi connectivity index (χ2n) is 30.7. The minimum Gasteiger partial charge on any atom is -0.480 e. The number of non-ortho nitro benzene ring substituents is 1. The van der Waals surface area contributed by atoms with Gasteiger partial charge in [0.15, 0.2) is 27.2 Å². The van der Waals surface area contributed by atoms with Crippen LogP contribution in [-0.4, -0.2) is 288 Å². The van der Waals surface area contributed by atoms with Gasteiger partial charge in [-0.1, -0.05) is 23.2 Å². The molecule has 3 aromatic carbocycles. The topological polar surface area (TPSA) is 685 Å². The molecule has 135 heavy (non-hydrogen) atoms. The van der Waals surface area contributed by atoms with Crippen molar-refractivity contribution in [3.63, 3.8) is 0 Å². The number of nitrogens with two attached hydrogens (primary N) is 2. The molecule has 19 N–H and O–H groups in total. The quantitative estimate of drug-likeness (QED) is 0.00848. The maximum atomic E-state index is 13.4. The van der Waals surface area contributed by atoms with E-state index in [1.54, 1.807) is 36.1 Å². The van der Waals surface area contributed by atoms with Crippen LogP contribution in [0.1, 0.15) is 160 Å². The summed E-state index contributed by atoms with van der Waals surface area (Å²) in [6, 6.07) is 13.1. The number of anilines is 4. The Balaban J connectivity index is 0.789. The van der Waals surface area contributed by atoms with Crippen molar-refractivity contribution in [2.24, 2.45) is 0 Å². The third-order valence-electron chi connectivity index (χ3n) is 20.4. The van der Waals surface area contributed by atoms with Gasteiger partial charge in [-0.25, -0.2) is 29.5 Å². The van der Waals surface area contributed by atoms with E-state index in [-0.39, 0.29) is 273 Å². The van der Waals surface area contributed by atoms with Crippen molar-refractivity contribution >= 4 is 151 Å². The zero-order valence-electron chi connectivity index (χ0n) is 74.5. The molecule has 0 aliphatic rings. The number of hydrogen-bond acceptors (Lipinski definition) is 34. The van der Waals surface area contributed by atoms with Crippen LogP contribution in [0.2, 0.25) is 0 Å². The Labute approximate surface area is 783 Å². The number of benzene rings is 3. The number of carboxylic acids is 2. The molecule has 4 aromatic heterocycles. The molecule has 0 saturated heterocycles. The number of carbonyl (C=O) groups is 13. The van der Waals surface area contributed by atoms with Crippen molar-refractivity contribution in [3.05, 3.63) is 144 Å². The number of alkyl halides is 2. The molecule has 49 heteroatoms. The SMILES string of the molecule is CCNC(=O)CCN(CCCOCCOCCOCCCNC(=O)CCCC(=O)OCC(NC(=O)C(Cl)Cl)C(O)c1ccc([N+](=O)[O-])cc1)CCC(=O)NCCN(CCC(=O)NCCCC(=O)CCC(NC(=O)c1ccc(NCc2cnc3c(=O)[nH]c(N)nc3n2)cc1)C(=O)O)CCC(=O)NCCCC(=O)CCC(NC(=O)c1ccc(NCc2cnc3c(=O)[nH]c(N)nc3n2)cc1)C(=O)O. The van der Waals surface area contributed by atoms with Gasteiger partial charge in [0.05, 0.1) is 74.3 Å². The highest BCUT2D eigenvalue weighted by molar-refractivity contribution is 6.53. The monoisotopic (exact) mass is 1920 g/mol. The average Bonchev–Trinajstić information content (AvgIpc) is 0.814. The Kier molecular flexibility index (Phi) is 47.6. The van der Waals surface area contributed by atoms with E-state index in [0.29, 0.717) is 81.5 Å². The maximum Gasteiger partial charge on any atom is 0.326 e. The Morgan fingerprint density at radius 1 is 0.489 bits per heavy atom. The molecule has 4 heterocycles. The van der Waals surface area contributed by atoms with Gasteiger partial charge >= 0.3 is 17.9 Å². The number of nitro groups is 1. The van der Waals surface area contributed by atoms with E-state index in [1.807, 2.05) is 4.90 Å². The van der Waals surface area contributed by atoms with E-state index in [2.05, 4.69) is 93.0 Å². The molecule has 732 valence electrons. The Morgan fingerprint density at radius 3 is 1.36 bits per heavy atom. The van der Waals surface area contributed by atoms with Gasteiger partial charge < -0.3 is 109 Å². The fourth-order valence-electron chi connectivity index (χ4n) is 13.0. The Hall–Kier alpha value is -13.5. The number of nitrogen functional groups attached to an aromatic ring is 2. The minimum absolute atomic E-state index is 0.00629. The lowest BCUT2D eigenvalue weighted by Crippen LogP contribution is -2.45. The third-order valence-corrected chi connectivity index (χ3v) is 20.8. The summed E-state index contributed by atoms with van der Waals surface area (Å²) in [7, 11) is 0. The number of nitrogens with zero attached hydrogens (tertiary/aromatic N) is 9. The lowest BCUT2D eigenvalue weighted by molar-refractivity contribution is -0.384. The lowest BCUT2D eigenvalue weighted by atomic mass is 10.0. The highest BCUT2D eigenvalue weighted by Crippen LogP contribution is 2.23. The van der Waals surface area contributed by atoms with Crippen molar-refractivity contribution in [1.82, 2.24) is 92.2 Å². The summed E-state index contributed by atoms with van der Waals surface area (Å²) in [6.07, 6.45) is 2.10. The van der Waals surface area contributed by atoms with Crippen molar-refractivity contribution < 1.29 is 102 Å². The number of fused-ring (bicyclic) bond motifs is 2. The minimum atomic E-state index is -1.50. The first-order valence-corrected chi connectivity index (χ1v) is 44.7. The summed E-state index contributed by atoms with van der Waals surface area (Å²) in [4.78, 5) is 233. The van der Waals surface area contributed by atoms with Crippen LogP contribution in [0.15, 0.2) is 94.8 Å². The van der Waals surface area contributed by atoms with Gasteiger partial charge in [-0.05, 0) is 118 Å². The Morgan fingerprint density at radius 2 is 0.911 bits per heavy atom. The Bertz CT molecular complexity index is 5020. The van der Waals surface area contributed by atoms with Crippen LogP contribution in [0.3, 0.4) is 0 Å². The number of halogens is 2. The maximum absolute atomic E-state index is 13.4. The van der Waals surface area contributed by atoms with E-state index in [9.17, 15) is 97.4 Å². The molecule has 8 amide bonds. The van der Waals surface area contributed by atoms with Gasteiger partial charge in [-0.15, -0.1) is 0 Å². The highest BCUT2D eigenvalue weighted by atomic mass is 35.5. The molecule has 0 bridgehead atoms. The zero-order chi connectivity index (χ0) is 98.0. The summed E-state index contributed by atoms with van der Waals surface area (Å²) < 4.78 is 22.3.